The molecule has 1 fully saturated rings. The molecule has 1 aliphatic carbocycles. The fourth-order valence-electron chi connectivity index (χ4n) is 3.90. The molecule has 3 aromatic heterocycles. The van der Waals surface area contributed by atoms with Crippen molar-refractivity contribution in [3.05, 3.63) is 48.3 Å². The molecule has 0 radical (unpaired) electrons. The number of carbonyl (C=O) groups is 1. The second-order valence-electron chi connectivity index (χ2n) is 9.00. The van der Waals surface area contributed by atoms with Gasteiger partial charge in [-0.15, -0.1) is 12.4 Å². The van der Waals surface area contributed by atoms with Gasteiger partial charge in [0.1, 0.15) is 10.7 Å². The lowest BCUT2D eigenvalue weighted by molar-refractivity contribution is -0.117. The van der Waals surface area contributed by atoms with Crippen molar-refractivity contribution in [3.63, 3.8) is 0 Å². The molecule has 1 saturated carbocycles. The summed E-state index contributed by atoms with van der Waals surface area (Å²) in [7, 11) is 1.88. The number of nitrogens with zero attached hydrogens (tertiary/aromatic N) is 4. The molecule has 0 spiro atoms. The number of benzene rings is 1. The van der Waals surface area contributed by atoms with Gasteiger partial charge in [-0.3, -0.25) is 9.48 Å². The third kappa shape index (κ3) is 4.50. The normalized spacial score (nSPS) is 17.6. The molecule has 0 bridgehead atoms. The van der Waals surface area contributed by atoms with Gasteiger partial charge in [0.25, 0.3) is 0 Å². The molecule has 6 nitrogen and oxygen atoms in total. The fraction of sp³-hybridized carbons (Fsp3) is 0.333. The first-order valence-electron chi connectivity index (χ1n) is 10.6. The van der Waals surface area contributed by atoms with E-state index in [9.17, 15) is 9.18 Å². The van der Waals surface area contributed by atoms with Crippen LogP contribution in [0.5, 0.6) is 0 Å². The minimum absolute atomic E-state index is 0. The summed E-state index contributed by atoms with van der Waals surface area (Å²) in [6.45, 7) is 5.04. The summed E-state index contributed by atoms with van der Waals surface area (Å²) < 4.78 is 21.1. The van der Waals surface area contributed by atoms with E-state index < -0.39 is 5.67 Å². The van der Waals surface area contributed by atoms with Crippen LogP contribution in [-0.2, 0) is 17.5 Å². The third-order valence-electron chi connectivity index (χ3n) is 5.88. The van der Waals surface area contributed by atoms with Crippen LogP contribution in [-0.4, -0.2) is 25.0 Å². The molecule has 33 heavy (non-hydrogen) atoms. The quantitative estimate of drug-likeness (QED) is 0.377. The van der Waals surface area contributed by atoms with Gasteiger partial charge in [-0.1, -0.05) is 19.1 Å². The third-order valence-corrected chi connectivity index (χ3v) is 6.64. The molecule has 1 aromatic carbocycles. The number of alkyl halides is 1. The van der Waals surface area contributed by atoms with Crippen LogP contribution in [0.4, 0.5) is 9.39 Å². The number of fused-ring (bicyclic) bond motifs is 1. The zero-order valence-electron chi connectivity index (χ0n) is 18.8. The molecule has 0 saturated heterocycles. The summed E-state index contributed by atoms with van der Waals surface area (Å²) in [5, 5.41) is 9.12. The molecule has 1 aliphatic rings. The Hall–Kier alpha value is -2.84. The highest BCUT2D eigenvalue weighted by Gasteiger charge is 2.39. The van der Waals surface area contributed by atoms with Gasteiger partial charge in [0.05, 0.1) is 28.2 Å². The summed E-state index contributed by atoms with van der Waals surface area (Å²) in [4.78, 5) is 17.3. The van der Waals surface area contributed by atoms with Gasteiger partial charge in [-0.25, -0.2) is 9.37 Å². The SMILES string of the molecule is C[C@@H]1C[C@H]1C(=O)Nc1snc(-c2ccc3nn(C)cc3c2)c1-c1cccc(C(C)(C)F)n1.Cl. The van der Waals surface area contributed by atoms with Crippen LogP contribution in [0.1, 0.15) is 32.9 Å². The van der Waals surface area contributed by atoms with E-state index in [1.807, 2.05) is 37.5 Å². The highest BCUT2D eigenvalue weighted by Crippen LogP contribution is 2.43. The zero-order chi connectivity index (χ0) is 22.6. The van der Waals surface area contributed by atoms with Gasteiger partial charge < -0.3 is 5.32 Å². The first-order chi connectivity index (χ1) is 15.2. The summed E-state index contributed by atoms with van der Waals surface area (Å²) in [5.74, 6) is 0.426. The average molecular weight is 486 g/mol. The Kier molecular flexibility index (Phi) is 6.01. The largest absolute Gasteiger partial charge is 0.316 e. The summed E-state index contributed by atoms with van der Waals surface area (Å²) in [6.07, 6.45) is 2.85. The number of hydrogen-bond donors (Lipinski definition) is 1. The number of carbonyl (C=O) groups excluding carboxylic acids is 1. The number of nitrogens with one attached hydrogen (secondary N) is 1. The molecule has 3 heterocycles. The number of hydrogen-bond acceptors (Lipinski definition) is 5. The lowest BCUT2D eigenvalue weighted by Crippen LogP contribution is -2.14. The van der Waals surface area contributed by atoms with Crippen LogP contribution in [0.3, 0.4) is 0 Å². The molecule has 2 atom stereocenters. The maximum atomic E-state index is 14.7. The Morgan fingerprint density at radius 1 is 1.27 bits per heavy atom. The van der Waals surface area contributed by atoms with E-state index in [2.05, 4.69) is 26.7 Å². The first kappa shape index (κ1) is 23.3. The van der Waals surface area contributed by atoms with Gasteiger partial charge in [0.2, 0.25) is 5.91 Å². The van der Waals surface area contributed by atoms with Gasteiger partial charge in [-0.2, -0.15) is 9.47 Å². The monoisotopic (exact) mass is 485 g/mol. The van der Waals surface area contributed by atoms with Gasteiger partial charge in [0, 0.05) is 30.1 Å². The van der Waals surface area contributed by atoms with Crippen molar-refractivity contribution < 1.29 is 9.18 Å². The maximum Gasteiger partial charge on any atom is 0.228 e. The standard InChI is InChI=1S/C24H24FN5OS.ClH/c1-13-10-16(13)22(31)27-23-20(18-6-5-7-19(26-18)24(2,3)25)21(29-32-23)14-8-9-17-15(11-14)12-30(4)28-17;/h5-9,11-13,16H,10H2,1-4H3,(H,27,31);1H/t13-,16-;/m1./s1. The van der Waals surface area contributed by atoms with Crippen LogP contribution < -0.4 is 5.32 Å². The van der Waals surface area contributed by atoms with Crippen LogP contribution in [0.25, 0.3) is 33.4 Å². The Labute approximate surface area is 201 Å². The topological polar surface area (TPSA) is 72.7 Å². The predicted octanol–water partition coefficient (Wildman–Crippen LogP) is 5.98. The van der Waals surface area contributed by atoms with E-state index in [0.29, 0.717) is 33.6 Å². The molecule has 4 aromatic rings. The number of rotatable bonds is 5. The van der Waals surface area contributed by atoms with Gasteiger partial charge in [-0.05, 0) is 62.0 Å². The van der Waals surface area contributed by atoms with Crippen LogP contribution in [0.2, 0.25) is 0 Å². The lowest BCUT2D eigenvalue weighted by atomic mass is 10.0. The first-order valence-corrected chi connectivity index (χ1v) is 11.4. The van der Waals surface area contributed by atoms with E-state index in [1.54, 1.807) is 16.8 Å². The molecular weight excluding hydrogens is 461 g/mol. The van der Waals surface area contributed by atoms with E-state index in [-0.39, 0.29) is 24.2 Å². The number of amides is 1. The highest BCUT2D eigenvalue weighted by atomic mass is 35.5. The Morgan fingerprint density at radius 2 is 2.03 bits per heavy atom. The summed E-state index contributed by atoms with van der Waals surface area (Å²) in [5.41, 5.74) is 2.55. The molecule has 0 unspecified atom stereocenters. The highest BCUT2D eigenvalue weighted by molar-refractivity contribution is 7.11. The van der Waals surface area contributed by atoms with E-state index >= 15 is 0 Å². The molecule has 172 valence electrons. The van der Waals surface area contributed by atoms with Crippen molar-refractivity contribution in [2.24, 2.45) is 18.9 Å². The van der Waals surface area contributed by atoms with Crippen LogP contribution in [0.15, 0.2) is 42.6 Å². The Balaban J connectivity index is 0.00000259. The second kappa shape index (κ2) is 8.50. The molecule has 1 N–H and O–H groups in total. The van der Waals surface area contributed by atoms with Gasteiger partial charge in [0.15, 0.2) is 0 Å². The summed E-state index contributed by atoms with van der Waals surface area (Å²) >= 11 is 1.23. The smallest absolute Gasteiger partial charge is 0.228 e. The zero-order valence-corrected chi connectivity index (χ0v) is 20.4. The van der Waals surface area contributed by atoms with Crippen molar-refractivity contribution in [3.8, 4) is 22.5 Å². The molecule has 1 amide bonds. The second-order valence-corrected chi connectivity index (χ2v) is 9.77. The fourth-order valence-corrected chi connectivity index (χ4v) is 4.72. The van der Waals surface area contributed by atoms with E-state index in [1.165, 1.54) is 25.4 Å². The lowest BCUT2D eigenvalue weighted by Gasteiger charge is -2.15. The van der Waals surface area contributed by atoms with Crippen molar-refractivity contribution in [1.82, 2.24) is 19.1 Å². The minimum Gasteiger partial charge on any atom is -0.316 e. The predicted molar refractivity (Wildman–Crippen MR) is 132 cm³/mol. The van der Waals surface area contributed by atoms with Crippen molar-refractivity contribution in [1.29, 1.82) is 0 Å². The van der Waals surface area contributed by atoms with Crippen LogP contribution in [0, 0.1) is 11.8 Å². The molecular formula is C24H25ClFN5OS. The number of aryl methyl sites for hydroxylation is 1. The van der Waals surface area contributed by atoms with Crippen molar-refractivity contribution >= 4 is 45.8 Å². The van der Waals surface area contributed by atoms with E-state index in [0.717, 1.165) is 22.9 Å². The van der Waals surface area contributed by atoms with Crippen LogP contribution >= 0.6 is 23.9 Å². The average Bonchev–Trinajstić information content (AvgIpc) is 3.16. The van der Waals surface area contributed by atoms with Crippen molar-refractivity contribution in [2.75, 3.05) is 5.32 Å². The minimum atomic E-state index is -1.58. The maximum absolute atomic E-state index is 14.7. The van der Waals surface area contributed by atoms with Crippen molar-refractivity contribution in [2.45, 2.75) is 32.9 Å². The number of pyridine rings is 1. The van der Waals surface area contributed by atoms with E-state index in [4.69, 9.17) is 0 Å². The molecule has 9 heteroatoms. The number of anilines is 1. The Morgan fingerprint density at radius 3 is 2.73 bits per heavy atom. The number of halogens is 2. The number of aromatic nitrogens is 4. The van der Waals surface area contributed by atoms with Gasteiger partial charge >= 0.3 is 0 Å². The Bertz CT molecular complexity index is 1340. The molecule has 0 aliphatic heterocycles. The molecule has 5 rings (SSSR count). The summed E-state index contributed by atoms with van der Waals surface area (Å²) in [6, 6.07) is 11.2.